The van der Waals surface area contributed by atoms with Gasteiger partial charge in [0.1, 0.15) is 11.4 Å². The second kappa shape index (κ2) is 8.44. The van der Waals surface area contributed by atoms with Crippen LogP contribution in [0.4, 0.5) is 14.9 Å². The Morgan fingerprint density at radius 3 is 2.33 bits per heavy atom. The molecular weight excluding hydrogens is 353 g/mol. The lowest BCUT2D eigenvalue weighted by atomic mass is 10.1. The van der Waals surface area contributed by atoms with Gasteiger partial charge in [0, 0.05) is 11.3 Å². The zero-order chi connectivity index (χ0) is 20.0. The fourth-order valence-corrected chi connectivity index (χ4v) is 2.11. The van der Waals surface area contributed by atoms with Gasteiger partial charge < -0.3 is 9.47 Å². The van der Waals surface area contributed by atoms with Gasteiger partial charge in [0.15, 0.2) is 12.4 Å². The molecule has 0 aromatic heterocycles. The van der Waals surface area contributed by atoms with Crippen molar-refractivity contribution in [1.82, 2.24) is 0 Å². The first-order valence-electron chi connectivity index (χ1n) is 8.20. The van der Waals surface area contributed by atoms with Crippen LogP contribution in [0.5, 0.6) is 0 Å². The van der Waals surface area contributed by atoms with Crippen LogP contribution < -0.4 is 5.32 Å². The first-order chi connectivity index (χ1) is 12.6. The van der Waals surface area contributed by atoms with Crippen molar-refractivity contribution in [2.75, 3.05) is 11.9 Å². The van der Waals surface area contributed by atoms with Gasteiger partial charge in [0.05, 0.1) is 5.56 Å². The standard InChI is InChI=1S/C20H20FNO5/c1-20(2,3)27-19(25)22-16-9-5-7-14(11-16)18(24)26-12-17(23)13-6-4-8-15(21)10-13/h4-11H,12H2,1-3H3,(H,22,25). The van der Waals surface area contributed by atoms with E-state index in [0.717, 1.165) is 6.07 Å². The molecule has 0 fully saturated rings. The molecule has 0 unspecified atom stereocenters. The number of ketones is 1. The summed E-state index contributed by atoms with van der Waals surface area (Å²) in [5.41, 5.74) is -0.0494. The van der Waals surface area contributed by atoms with Crippen molar-refractivity contribution in [2.24, 2.45) is 0 Å². The second-order valence-electron chi connectivity index (χ2n) is 6.72. The zero-order valence-corrected chi connectivity index (χ0v) is 15.2. The Kier molecular flexibility index (Phi) is 6.28. The van der Waals surface area contributed by atoms with Gasteiger partial charge in [-0.05, 0) is 51.1 Å². The molecule has 2 rings (SSSR count). The fourth-order valence-electron chi connectivity index (χ4n) is 2.11. The van der Waals surface area contributed by atoms with E-state index in [0.29, 0.717) is 5.69 Å². The van der Waals surface area contributed by atoms with Crippen LogP contribution in [0.25, 0.3) is 0 Å². The van der Waals surface area contributed by atoms with E-state index in [-0.39, 0.29) is 11.1 Å². The molecule has 0 spiro atoms. The molecule has 0 aliphatic carbocycles. The van der Waals surface area contributed by atoms with Gasteiger partial charge in [-0.15, -0.1) is 0 Å². The van der Waals surface area contributed by atoms with Crippen LogP contribution in [0, 0.1) is 5.82 Å². The molecule has 0 aliphatic rings. The molecule has 1 amide bonds. The summed E-state index contributed by atoms with van der Waals surface area (Å²) in [6.07, 6.45) is -0.658. The van der Waals surface area contributed by atoms with Crippen molar-refractivity contribution < 1.29 is 28.2 Å². The number of hydrogen-bond acceptors (Lipinski definition) is 5. The molecule has 1 N–H and O–H groups in total. The summed E-state index contributed by atoms with van der Waals surface area (Å²) in [7, 11) is 0. The van der Waals surface area contributed by atoms with E-state index < -0.39 is 35.9 Å². The maximum absolute atomic E-state index is 13.1. The summed E-state index contributed by atoms with van der Waals surface area (Å²) in [6, 6.07) is 11.1. The maximum atomic E-state index is 13.1. The van der Waals surface area contributed by atoms with Gasteiger partial charge in [-0.1, -0.05) is 18.2 Å². The number of nitrogens with one attached hydrogen (secondary N) is 1. The number of rotatable bonds is 5. The Hall–Kier alpha value is -3.22. The summed E-state index contributed by atoms with van der Waals surface area (Å²) < 4.78 is 23.2. The number of carbonyl (C=O) groups excluding carboxylic acids is 3. The van der Waals surface area contributed by atoms with E-state index >= 15 is 0 Å². The Balaban J connectivity index is 1.96. The number of Topliss-reactive ketones (excluding diaryl/α,β-unsaturated/α-hetero) is 1. The number of hydrogen-bond donors (Lipinski definition) is 1. The maximum Gasteiger partial charge on any atom is 0.412 e. The number of amides is 1. The minimum atomic E-state index is -0.743. The van der Waals surface area contributed by atoms with Crippen LogP contribution >= 0.6 is 0 Å². The predicted molar refractivity (Wildman–Crippen MR) is 97.3 cm³/mol. The fraction of sp³-hybridized carbons (Fsp3) is 0.250. The van der Waals surface area contributed by atoms with Crippen molar-refractivity contribution in [3.8, 4) is 0 Å². The molecule has 2 aromatic carbocycles. The molecular formula is C20H20FNO5. The number of esters is 1. The van der Waals surface area contributed by atoms with Crippen LogP contribution in [0.15, 0.2) is 48.5 Å². The van der Waals surface area contributed by atoms with Crippen LogP contribution in [-0.2, 0) is 9.47 Å². The average Bonchev–Trinajstić information content (AvgIpc) is 2.57. The first-order valence-corrected chi connectivity index (χ1v) is 8.20. The van der Waals surface area contributed by atoms with E-state index in [2.05, 4.69) is 5.32 Å². The topological polar surface area (TPSA) is 81.7 Å². The molecule has 0 saturated carbocycles. The molecule has 142 valence electrons. The monoisotopic (exact) mass is 373 g/mol. The Morgan fingerprint density at radius 1 is 1.00 bits per heavy atom. The molecule has 0 atom stereocenters. The Bertz CT molecular complexity index is 857. The average molecular weight is 373 g/mol. The summed E-state index contributed by atoms with van der Waals surface area (Å²) in [4.78, 5) is 35.9. The molecule has 0 saturated heterocycles. The van der Waals surface area contributed by atoms with Crippen molar-refractivity contribution in [2.45, 2.75) is 26.4 Å². The van der Waals surface area contributed by atoms with E-state index in [1.54, 1.807) is 32.9 Å². The van der Waals surface area contributed by atoms with Gasteiger partial charge in [0.25, 0.3) is 0 Å². The lowest BCUT2D eigenvalue weighted by Crippen LogP contribution is -2.27. The zero-order valence-electron chi connectivity index (χ0n) is 15.2. The highest BCUT2D eigenvalue weighted by Gasteiger charge is 2.17. The Morgan fingerprint density at radius 2 is 1.67 bits per heavy atom. The molecule has 7 heteroatoms. The quantitative estimate of drug-likeness (QED) is 0.627. The van der Waals surface area contributed by atoms with Gasteiger partial charge >= 0.3 is 12.1 Å². The number of anilines is 1. The van der Waals surface area contributed by atoms with Gasteiger partial charge in [0.2, 0.25) is 0 Å². The molecule has 0 heterocycles. The van der Waals surface area contributed by atoms with Crippen LogP contribution in [0.3, 0.4) is 0 Å². The summed E-state index contributed by atoms with van der Waals surface area (Å²) in [5, 5.41) is 2.51. The van der Waals surface area contributed by atoms with E-state index in [1.165, 1.54) is 30.3 Å². The lowest BCUT2D eigenvalue weighted by molar-refractivity contribution is 0.0474. The van der Waals surface area contributed by atoms with Crippen molar-refractivity contribution in [3.63, 3.8) is 0 Å². The van der Waals surface area contributed by atoms with Crippen molar-refractivity contribution in [3.05, 3.63) is 65.5 Å². The third kappa shape index (κ3) is 6.54. The van der Waals surface area contributed by atoms with E-state index in [9.17, 15) is 18.8 Å². The Labute approximate surface area is 156 Å². The highest BCUT2D eigenvalue weighted by atomic mass is 19.1. The SMILES string of the molecule is CC(C)(C)OC(=O)Nc1cccc(C(=O)OCC(=O)c2cccc(F)c2)c1. The number of halogens is 1. The molecule has 2 aromatic rings. The smallest absolute Gasteiger partial charge is 0.412 e. The van der Waals surface area contributed by atoms with Gasteiger partial charge in [-0.2, -0.15) is 0 Å². The minimum absolute atomic E-state index is 0.114. The predicted octanol–water partition coefficient (Wildman–Crippen LogP) is 4.21. The minimum Gasteiger partial charge on any atom is -0.454 e. The van der Waals surface area contributed by atoms with Crippen molar-refractivity contribution in [1.29, 1.82) is 0 Å². The number of carbonyl (C=O) groups is 3. The normalized spacial score (nSPS) is 10.8. The lowest BCUT2D eigenvalue weighted by Gasteiger charge is -2.19. The van der Waals surface area contributed by atoms with Gasteiger partial charge in [-0.3, -0.25) is 10.1 Å². The first kappa shape index (κ1) is 20.1. The molecule has 0 bridgehead atoms. The summed E-state index contributed by atoms with van der Waals surface area (Å²) in [6.45, 7) is 4.67. The summed E-state index contributed by atoms with van der Waals surface area (Å²) >= 11 is 0. The summed E-state index contributed by atoms with van der Waals surface area (Å²) in [5.74, 6) is -1.81. The van der Waals surface area contributed by atoms with Crippen LogP contribution in [0.2, 0.25) is 0 Å². The molecule has 0 aliphatic heterocycles. The molecule has 0 radical (unpaired) electrons. The van der Waals surface area contributed by atoms with Crippen LogP contribution in [0.1, 0.15) is 41.5 Å². The third-order valence-corrected chi connectivity index (χ3v) is 3.22. The largest absolute Gasteiger partial charge is 0.454 e. The highest BCUT2D eigenvalue weighted by molar-refractivity contribution is 5.99. The number of ether oxygens (including phenoxy) is 2. The molecule has 27 heavy (non-hydrogen) atoms. The van der Waals surface area contributed by atoms with Gasteiger partial charge in [-0.25, -0.2) is 14.0 Å². The van der Waals surface area contributed by atoms with E-state index in [1.807, 2.05) is 0 Å². The van der Waals surface area contributed by atoms with E-state index in [4.69, 9.17) is 9.47 Å². The second-order valence-corrected chi connectivity index (χ2v) is 6.72. The number of benzene rings is 2. The van der Waals surface area contributed by atoms with Crippen LogP contribution in [-0.4, -0.2) is 30.1 Å². The highest BCUT2D eigenvalue weighted by Crippen LogP contribution is 2.15. The third-order valence-electron chi connectivity index (χ3n) is 3.22. The van der Waals surface area contributed by atoms with Crippen molar-refractivity contribution >= 4 is 23.5 Å². The molecule has 6 nitrogen and oxygen atoms in total.